The van der Waals surface area contributed by atoms with Crippen molar-refractivity contribution in [1.29, 1.82) is 0 Å². The van der Waals surface area contributed by atoms with Gasteiger partial charge in [-0.25, -0.2) is 17.5 Å². The number of fused-ring (bicyclic) bond motifs is 1. The van der Waals surface area contributed by atoms with Crippen molar-refractivity contribution < 1.29 is 32.6 Å². The number of carboxylic acids is 1. The second-order valence-corrected chi connectivity index (χ2v) is 10.3. The molecule has 4 rings (SSSR count). The molecule has 1 aliphatic heterocycles. The van der Waals surface area contributed by atoms with Gasteiger partial charge in [-0.2, -0.15) is 0 Å². The molecule has 0 saturated carbocycles. The molecule has 0 fully saturated rings. The van der Waals surface area contributed by atoms with Crippen molar-refractivity contribution >= 4 is 33.6 Å². The summed E-state index contributed by atoms with van der Waals surface area (Å²) in [5.41, 5.74) is 2.17. The van der Waals surface area contributed by atoms with Gasteiger partial charge in [0, 0.05) is 19.2 Å². The lowest BCUT2D eigenvalue weighted by Gasteiger charge is -2.34. The molecule has 0 aromatic heterocycles. The van der Waals surface area contributed by atoms with E-state index in [0.29, 0.717) is 16.9 Å². The highest BCUT2D eigenvalue weighted by atomic mass is 32.2. The number of carbonyl (C=O) groups excluding carboxylic acids is 2. The lowest BCUT2D eigenvalue weighted by molar-refractivity contribution is -0.136. The van der Waals surface area contributed by atoms with Crippen LogP contribution in [0.2, 0.25) is 0 Å². The number of hydrogen-bond donors (Lipinski definition) is 2. The van der Waals surface area contributed by atoms with Crippen LogP contribution in [0.25, 0.3) is 0 Å². The van der Waals surface area contributed by atoms with Crippen LogP contribution in [0.3, 0.4) is 0 Å². The van der Waals surface area contributed by atoms with Crippen LogP contribution in [0.5, 0.6) is 5.75 Å². The van der Waals surface area contributed by atoms with Crippen LogP contribution in [0, 0.1) is 0 Å². The van der Waals surface area contributed by atoms with E-state index < -0.39 is 27.9 Å². The number of sulfonamides is 1. The molecule has 0 radical (unpaired) electrons. The minimum absolute atomic E-state index is 0.131. The molecule has 0 spiro atoms. The zero-order valence-corrected chi connectivity index (χ0v) is 21.0. The third-order valence-corrected chi connectivity index (χ3v) is 7.69. The summed E-state index contributed by atoms with van der Waals surface area (Å²) in [6.45, 7) is -0.0349. The van der Waals surface area contributed by atoms with Gasteiger partial charge in [0.05, 0.1) is 25.8 Å². The SMILES string of the molecule is COc1cccc(CNC(=O)c2ccc3c(c2)S(=O)(=O)N(Cc2ccc(CC(=O)O)cc2)C(=O)N3C)c1. The number of carbonyl (C=O) groups is 3. The Bertz CT molecular complexity index is 1470. The summed E-state index contributed by atoms with van der Waals surface area (Å²) in [6.07, 6.45) is -0.167. The molecule has 11 heteroatoms. The van der Waals surface area contributed by atoms with Crippen molar-refractivity contribution in [2.75, 3.05) is 19.1 Å². The van der Waals surface area contributed by atoms with Gasteiger partial charge in [-0.05, 0) is 47.0 Å². The summed E-state index contributed by atoms with van der Waals surface area (Å²) in [5.74, 6) is -0.806. The molecule has 3 aromatic carbocycles. The van der Waals surface area contributed by atoms with Gasteiger partial charge in [0.15, 0.2) is 0 Å². The first-order chi connectivity index (χ1) is 17.6. The van der Waals surface area contributed by atoms with Gasteiger partial charge < -0.3 is 15.2 Å². The first kappa shape index (κ1) is 25.7. The second-order valence-electron chi connectivity index (χ2n) is 8.46. The zero-order valence-electron chi connectivity index (χ0n) is 20.2. The number of urea groups is 1. The number of nitrogens with zero attached hydrogens (tertiary/aromatic N) is 2. The number of ether oxygens (including phenoxy) is 1. The van der Waals surface area contributed by atoms with E-state index in [1.54, 1.807) is 49.6 Å². The molecule has 0 atom stereocenters. The van der Waals surface area contributed by atoms with E-state index in [2.05, 4.69) is 5.32 Å². The Morgan fingerprint density at radius 3 is 2.35 bits per heavy atom. The first-order valence-electron chi connectivity index (χ1n) is 11.3. The Morgan fingerprint density at radius 1 is 0.973 bits per heavy atom. The van der Waals surface area contributed by atoms with E-state index in [0.717, 1.165) is 9.87 Å². The average Bonchev–Trinajstić information content (AvgIpc) is 2.89. The molecule has 1 aliphatic rings. The quantitative estimate of drug-likeness (QED) is 0.464. The Morgan fingerprint density at radius 2 is 1.68 bits per heavy atom. The Balaban J connectivity index is 1.57. The molecule has 3 aromatic rings. The predicted molar refractivity (Wildman–Crippen MR) is 135 cm³/mol. The van der Waals surface area contributed by atoms with Crippen molar-refractivity contribution in [2.24, 2.45) is 0 Å². The summed E-state index contributed by atoms with van der Waals surface area (Å²) < 4.78 is 32.8. The summed E-state index contributed by atoms with van der Waals surface area (Å²) in [4.78, 5) is 37.7. The van der Waals surface area contributed by atoms with Gasteiger partial charge >= 0.3 is 12.0 Å². The molecule has 0 bridgehead atoms. The number of amides is 3. The van der Waals surface area contributed by atoms with Gasteiger partial charge in [0.25, 0.3) is 15.9 Å². The van der Waals surface area contributed by atoms with Crippen LogP contribution in [0.15, 0.2) is 71.6 Å². The lowest BCUT2D eigenvalue weighted by Crippen LogP contribution is -2.48. The minimum Gasteiger partial charge on any atom is -0.497 e. The minimum atomic E-state index is -4.27. The van der Waals surface area contributed by atoms with Crippen molar-refractivity contribution in [1.82, 2.24) is 9.62 Å². The molecule has 2 N–H and O–H groups in total. The standard InChI is InChI=1S/C26H25N3O7S/c1-28-22-11-10-20(25(32)27-15-19-4-3-5-21(12-19)36-2)14-23(22)37(34,35)29(26(28)33)16-18-8-6-17(7-9-18)13-24(30)31/h3-12,14H,13,15-16H2,1-2H3,(H,27,32)(H,30,31). The van der Waals surface area contributed by atoms with Crippen LogP contribution < -0.4 is 15.0 Å². The number of nitrogens with one attached hydrogen (secondary N) is 1. The van der Waals surface area contributed by atoms with E-state index in [9.17, 15) is 22.8 Å². The summed E-state index contributed by atoms with van der Waals surface area (Å²) in [5, 5.41) is 11.7. The summed E-state index contributed by atoms with van der Waals surface area (Å²) in [7, 11) is -1.27. The van der Waals surface area contributed by atoms with Gasteiger partial charge in [-0.3, -0.25) is 14.5 Å². The number of benzene rings is 3. The molecule has 10 nitrogen and oxygen atoms in total. The van der Waals surface area contributed by atoms with Crippen LogP contribution in [-0.4, -0.2) is 49.9 Å². The maximum absolute atomic E-state index is 13.5. The van der Waals surface area contributed by atoms with Crippen molar-refractivity contribution in [2.45, 2.75) is 24.4 Å². The number of aliphatic carboxylic acids is 1. The largest absolute Gasteiger partial charge is 0.497 e. The molecule has 3 amide bonds. The molecule has 0 aliphatic carbocycles. The van der Waals surface area contributed by atoms with Crippen molar-refractivity contribution in [3.05, 3.63) is 89.0 Å². The van der Waals surface area contributed by atoms with Gasteiger partial charge in [0.2, 0.25) is 0 Å². The third-order valence-electron chi connectivity index (χ3n) is 5.94. The number of rotatable bonds is 8. The normalized spacial score (nSPS) is 14.2. The van der Waals surface area contributed by atoms with E-state index in [4.69, 9.17) is 9.84 Å². The third kappa shape index (κ3) is 5.41. The predicted octanol–water partition coefficient (Wildman–Crippen LogP) is 3.01. The maximum atomic E-state index is 13.5. The van der Waals surface area contributed by atoms with Crippen LogP contribution in [0.1, 0.15) is 27.0 Å². The van der Waals surface area contributed by atoms with E-state index in [1.807, 2.05) is 6.07 Å². The maximum Gasteiger partial charge on any atom is 0.338 e. The van der Waals surface area contributed by atoms with Crippen molar-refractivity contribution in [3.63, 3.8) is 0 Å². The van der Waals surface area contributed by atoms with Crippen LogP contribution in [-0.2, 0) is 34.3 Å². The van der Waals surface area contributed by atoms with Crippen molar-refractivity contribution in [3.8, 4) is 5.75 Å². The molecular formula is C26H25N3O7S. The van der Waals surface area contributed by atoms with E-state index in [-0.39, 0.29) is 35.7 Å². The Kier molecular flexibility index (Phi) is 7.16. The summed E-state index contributed by atoms with van der Waals surface area (Å²) in [6, 6.07) is 16.9. The number of anilines is 1. The Hall–Kier alpha value is -4.38. The number of carboxylic acid groups (broad SMARTS) is 1. The second kappa shape index (κ2) is 10.3. The topological polar surface area (TPSA) is 133 Å². The van der Waals surface area contributed by atoms with E-state index in [1.165, 1.54) is 30.1 Å². The monoisotopic (exact) mass is 523 g/mol. The average molecular weight is 524 g/mol. The fourth-order valence-corrected chi connectivity index (χ4v) is 5.58. The highest BCUT2D eigenvalue weighted by Gasteiger charge is 2.40. The molecule has 0 unspecified atom stereocenters. The Labute approximate surface area is 214 Å². The lowest BCUT2D eigenvalue weighted by atomic mass is 10.1. The van der Waals surface area contributed by atoms with Crippen LogP contribution in [0.4, 0.5) is 10.5 Å². The molecule has 37 heavy (non-hydrogen) atoms. The van der Waals surface area contributed by atoms with Crippen LogP contribution >= 0.6 is 0 Å². The molecular weight excluding hydrogens is 498 g/mol. The number of hydrogen-bond acceptors (Lipinski definition) is 6. The summed E-state index contributed by atoms with van der Waals surface area (Å²) >= 11 is 0. The number of methoxy groups -OCH3 is 1. The van der Waals surface area contributed by atoms with Gasteiger partial charge in [-0.15, -0.1) is 0 Å². The first-order valence-corrected chi connectivity index (χ1v) is 12.7. The van der Waals surface area contributed by atoms with Gasteiger partial charge in [-0.1, -0.05) is 36.4 Å². The highest BCUT2D eigenvalue weighted by molar-refractivity contribution is 7.90. The molecule has 0 saturated heterocycles. The molecule has 192 valence electrons. The smallest absolute Gasteiger partial charge is 0.338 e. The molecule has 1 heterocycles. The van der Waals surface area contributed by atoms with E-state index >= 15 is 0 Å². The zero-order chi connectivity index (χ0) is 26.7. The fraction of sp³-hybridized carbons (Fsp3) is 0.192. The van der Waals surface area contributed by atoms with Gasteiger partial charge in [0.1, 0.15) is 10.6 Å². The fourth-order valence-electron chi connectivity index (χ4n) is 3.95. The highest BCUT2D eigenvalue weighted by Crippen LogP contribution is 2.35.